The van der Waals surface area contributed by atoms with E-state index < -0.39 is 0 Å². The standard InChI is InChI=1S/C16H21N3O/c1-19-15-7-6-12(17-13-3-2-8-20-10-13)9-14(15)18-16(19)11-4-5-11/h6-7,9,11,13,17H,2-5,8,10H2,1H3/t13-/m0/s1. The van der Waals surface area contributed by atoms with Crippen molar-refractivity contribution in [1.82, 2.24) is 9.55 Å². The van der Waals surface area contributed by atoms with Gasteiger partial charge in [-0.2, -0.15) is 0 Å². The first-order valence-electron chi connectivity index (χ1n) is 7.62. The SMILES string of the molecule is Cn1c(C2CC2)nc2cc(N[C@H]3CCCOC3)ccc21. The zero-order valence-electron chi connectivity index (χ0n) is 11.9. The van der Waals surface area contributed by atoms with Crippen molar-refractivity contribution in [3.8, 4) is 0 Å². The highest BCUT2D eigenvalue weighted by Gasteiger charge is 2.28. The van der Waals surface area contributed by atoms with Crippen LogP contribution in [0.1, 0.15) is 37.4 Å². The summed E-state index contributed by atoms with van der Waals surface area (Å²) in [7, 11) is 2.13. The highest BCUT2D eigenvalue weighted by atomic mass is 16.5. The van der Waals surface area contributed by atoms with Crippen LogP contribution in [-0.4, -0.2) is 28.8 Å². The Kier molecular flexibility index (Phi) is 2.91. The third kappa shape index (κ3) is 2.18. The van der Waals surface area contributed by atoms with Crippen molar-refractivity contribution in [2.45, 2.75) is 37.6 Å². The summed E-state index contributed by atoms with van der Waals surface area (Å²) in [6.07, 6.45) is 4.92. The molecule has 1 aromatic carbocycles. The van der Waals surface area contributed by atoms with E-state index in [-0.39, 0.29) is 0 Å². The third-order valence-corrected chi connectivity index (χ3v) is 4.39. The largest absolute Gasteiger partial charge is 0.380 e. The van der Waals surface area contributed by atoms with Crippen molar-refractivity contribution in [3.63, 3.8) is 0 Å². The highest BCUT2D eigenvalue weighted by Crippen LogP contribution is 2.40. The van der Waals surface area contributed by atoms with Crippen molar-refractivity contribution in [2.75, 3.05) is 18.5 Å². The van der Waals surface area contributed by atoms with Gasteiger partial charge in [-0.1, -0.05) is 0 Å². The van der Waals surface area contributed by atoms with Gasteiger partial charge in [0.25, 0.3) is 0 Å². The Labute approximate surface area is 119 Å². The van der Waals surface area contributed by atoms with E-state index in [2.05, 4.69) is 35.1 Å². The lowest BCUT2D eigenvalue weighted by atomic mass is 10.1. The van der Waals surface area contributed by atoms with Crippen molar-refractivity contribution in [3.05, 3.63) is 24.0 Å². The molecule has 2 fully saturated rings. The normalized spacial score (nSPS) is 23.1. The molecule has 1 atom stereocenters. The lowest BCUT2D eigenvalue weighted by Gasteiger charge is -2.24. The number of nitrogens with zero attached hydrogens (tertiary/aromatic N) is 2. The third-order valence-electron chi connectivity index (χ3n) is 4.39. The Morgan fingerprint density at radius 2 is 2.20 bits per heavy atom. The van der Waals surface area contributed by atoms with Crippen LogP contribution in [0, 0.1) is 0 Å². The van der Waals surface area contributed by atoms with Crippen LogP contribution in [0.3, 0.4) is 0 Å². The summed E-state index contributed by atoms with van der Waals surface area (Å²) in [6, 6.07) is 6.96. The second-order valence-electron chi connectivity index (χ2n) is 6.07. The summed E-state index contributed by atoms with van der Waals surface area (Å²) in [5.74, 6) is 1.94. The molecule has 4 rings (SSSR count). The number of nitrogens with one attached hydrogen (secondary N) is 1. The molecule has 0 spiro atoms. The molecule has 0 bridgehead atoms. The lowest BCUT2D eigenvalue weighted by Crippen LogP contribution is -2.29. The maximum atomic E-state index is 5.52. The van der Waals surface area contributed by atoms with E-state index in [1.165, 1.54) is 30.6 Å². The predicted molar refractivity (Wildman–Crippen MR) is 80.2 cm³/mol. The first kappa shape index (κ1) is 12.2. The molecule has 2 heterocycles. The fourth-order valence-corrected chi connectivity index (χ4v) is 3.11. The van der Waals surface area contributed by atoms with Crippen LogP contribution in [0.5, 0.6) is 0 Å². The summed E-state index contributed by atoms with van der Waals surface area (Å²) in [4.78, 5) is 4.82. The van der Waals surface area contributed by atoms with Gasteiger partial charge in [0.05, 0.1) is 17.6 Å². The van der Waals surface area contributed by atoms with Gasteiger partial charge >= 0.3 is 0 Å². The fraction of sp³-hybridized carbons (Fsp3) is 0.562. The zero-order chi connectivity index (χ0) is 13.5. The van der Waals surface area contributed by atoms with Crippen LogP contribution in [0.2, 0.25) is 0 Å². The molecule has 106 valence electrons. The molecule has 1 saturated heterocycles. The van der Waals surface area contributed by atoms with E-state index in [9.17, 15) is 0 Å². The lowest BCUT2D eigenvalue weighted by molar-refractivity contribution is 0.0876. The highest BCUT2D eigenvalue weighted by molar-refractivity contribution is 5.80. The fourth-order valence-electron chi connectivity index (χ4n) is 3.11. The predicted octanol–water partition coefficient (Wildman–Crippen LogP) is 3.04. The number of aromatic nitrogens is 2. The second kappa shape index (κ2) is 4.77. The van der Waals surface area contributed by atoms with Crippen LogP contribution >= 0.6 is 0 Å². The molecule has 2 aliphatic rings. The number of rotatable bonds is 3. The average molecular weight is 271 g/mol. The first-order valence-corrected chi connectivity index (χ1v) is 7.62. The van der Waals surface area contributed by atoms with Gasteiger partial charge in [0.2, 0.25) is 0 Å². The van der Waals surface area contributed by atoms with Gasteiger partial charge in [-0.25, -0.2) is 4.98 Å². The topological polar surface area (TPSA) is 39.1 Å². The van der Waals surface area contributed by atoms with Crippen LogP contribution in [0.15, 0.2) is 18.2 Å². The smallest absolute Gasteiger partial charge is 0.112 e. The number of ether oxygens (including phenoxy) is 1. The number of fused-ring (bicyclic) bond motifs is 1. The summed E-state index contributed by atoms with van der Waals surface area (Å²) >= 11 is 0. The minimum absolute atomic E-state index is 0.438. The van der Waals surface area contributed by atoms with Crippen LogP contribution in [0.25, 0.3) is 11.0 Å². The molecular formula is C16H21N3O. The molecule has 4 heteroatoms. The van der Waals surface area contributed by atoms with Crippen LogP contribution in [-0.2, 0) is 11.8 Å². The molecule has 1 aromatic heterocycles. The summed E-state index contributed by atoms with van der Waals surface area (Å²) < 4.78 is 7.77. The van der Waals surface area contributed by atoms with E-state index in [4.69, 9.17) is 9.72 Å². The van der Waals surface area contributed by atoms with Crippen LogP contribution < -0.4 is 5.32 Å². The Bertz CT molecular complexity index is 624. The molecule has 20 heavy (non-hydrogen) atoms. The van der Waals surface area contributed by atoms with Crippen molar-refractivity contribution in [1.29, 1.82) is 0 Å². The maximum absolute atomic E-state index is 5.52. The molecular weight excluding hydrogens is 250 g/mol. The number of hydrogen-bond acceptors (Lipinski definition) is 3. The van der Waals surface area contributed by atoms with Crippen molar-refractivity contribution >= 4 is 16.7 Å². The Morgan fingerprint density at radius 3 is 2.95 bits per heavy atom. The number of imidazole rings is 1. The van der Waals surface area contributed by atoms with Gasteiger partial charge in [-0.3, -0.25) is 0 Å². The molecule has 0 unspecified atom stereocenters. The molecule has 1 aliphatic heterocycles. The molecule has 1 saturated carbocycles. The molecule has 0 amide bonds. The Morgan fingerprint density at radius 1 is 1.30 bits per heavy atom. The second-order valence-corrected chi connectivity index (χ2v) is 6.07. The van der Waals surface area contributed by atoms with Gasteiger partial charge in [0, 0.05) is 31.3 Å². The molecule has 4 nitrogen and oxygen atoms in total. The van der Waals surface area contributed by atoms with E-state index in [1.54, 1.807) is 0 Å². The summed E-state index contributed by atoms with van der Waals surface area (Å²) in [6.45, 7) is 1.72. The number of aryl methyl sites for hydroxylation is 1. The van der Waals surface area contributed by atoms with E-state index in [1.807, 2.05) is 0 Å². The average Bonchev–Trinajstić information content (AvgIpc) is 3.26. The van der Waals surface area contributed by atoms with Crippen molar-refractivity contribution in [2.24, 2.45) is 7.05 Å². The van der Waals surface area contributed by atoms with Gasteiger partial charge in [-0.05, 0) is 43.9 Å². The quantitative estimate of drug-likeness (QED) is 0.932. The Balaban J connectivity index is 1.61. The van der Waals surface area contributed by atoms with Gasteiger partial charge < -0.3 is 14.6 Å². The van der Waals surface area contributed by atoms with Gasteiger partial charge in [0.1, 0.15) is 5.82 Å². The number of anilines is 1. The molecule has 0 radical (unpaired) electrons. The van der Waals surface area contributed by atoms with Gasteiger partial charge in [0.15, 0.2) is 0 Å². The molecule has 1 aliphatic carbocycles. The summed E-state index contributed by atoms with van der Waals surface area (Å²) in [5.41, 5.74) is 3.50. The molecule has 2 aromatic rings. The first-order chi connectivity index (χ1) is 9.81. The maximum Gasteiger partial charge on any atom is 0.112 e. The van der Waals surface area contributed by atoms with E-state index >= 15 is 0 Å². The molecule has 1 N–H and O–H groups in total. The van der Waals surface area contributed by atoms with Crippen LogP contribution in [0.4, 0.5) is 5.69 Å². The van der Waals surface area contributed by atoms with Crippen molar-refractivity contribution < 1.29 is 4.74 Å². The minimum Gasteiger partial charge on any atom is -0.380 e. The summed E-state index contributed by atoms with van der Waals surface area (Å²) in [5, 5.41) is 3.57. The number of hydrogen-bond donors (Lipinski definition) is 1. The zero-order valence-corrected chi connectivity index (χ0v) is 11.9. The van der Waals surface area contributed by atoms with E-state index in [0.29, 0.717) is 12.0 Å². The minimum atomic E-state index is 0.438. The van der Waals surface area contributed by atoms with E-state index in [0.717, 1.165) is 30.8 Å². The Hall–Kier alpha value is -1.55. The number of benzene rings is 1. The van der Waals surface area contributed by atoms with Gasteiger partial charge in [-0.15, -0.1) is 0 Å². The monoisotopic (exact) mass is 271 g/mol.